The summed E-state index contributed by atoms with van der Waals surface area (Å²) in [5, 5.41) is 11.4. The molecule has 0 aromatic rings. The van der Waals surface area contributed by atoms with E-state index in [1.54, 1.807) is 18.7 Å². The van der Waals surface area contributed by atoms with Gasteiger partial charge in [0.05, 0.1) is 12.3 Å². The van der Waals surface area contributed by atoms with Crippen LogP contribution >= 0.6 is 0 Å². The van der Waals surface area contributed by atoms with E-state index in [0.29, 0.717) is 13.1 Å². The average molecular weight is 256 g/mol. The summed E-state index contributed by atoms with van der Waals surface area (Å²) in [5.74, 6) is -1.59. The first-order chi connectivity index (χ1) is 8.25. The van der Waals surface area contributed by atoms with Crippen LogP contribution in [0, 0.1) is 5.92 Å². The predicted molar refractivity (Wildman–Crippen MR) is 64.8 cm³/mol. The maximum absolute atomic E-state index is 12.0. The fourth-order valence-electron chi connectivity index (χ4n) is 2.11. The maximum atomic E-state index is 12.0. The zero-order chi connectivity index (χ0) is 13.9. The number of rotatable bonds is 5. The molecule has 18 heavy (non-hydrogen) atoms. The number of nitrogens with one attached hydrogen (secondary N) is 1. The number of carbonyl (C=O) groups is 3. The lowest BCUT2D eigenvalue weighted by atomic mass is 9.98. The molecule has 2 N–H and O–H groups in total. The molecule has 6 nitrogen and oxygen atoms in total. The molecule has 0 aromatic heterocycles. The lowest BCUT2D eigenvalue weighted by molar-refractivity contribution is -0.139. The highest BCUT2D eigenvalue weighted by molar-refractivity contribution is 5.89. The van der Waals surface area contributed by atoms with Crippen LogP contribution in [0.3, 0.4) is 0 Å². The molecule has 1 saturated heterocycles. The molecular weight excluding hydrogens is 236 g/mol. The minimum Gasteiger partial charge on any atom is -0.481 e. The van der Waals surface area contributed by atoms with Crippen LogP contribution in [-0.2, 0) is 14.4 Å². The van der Waals surface area contributed by atoms with Gasteiger partial charge >= 0.3 is 5.97 Å². The van der Waals surface area contributed by atoms with Gasteiger partial charge in [-0.25, -0.2) is 0 Å². The first kappa shape index (κ1) is 14.5. The van der Waals surface area contributed by atoms with Gasteiger partial charge in [0.25, 0.3) is 0 Å². The summed E-state index contributed by atoms with van der Waals surface area (Å²) in [4.78, 5) is 35.8. The third-order valence-electron chi connectivity index (χ3n) is 3.02. The van der Waals surface area contributed by atoms with Gasteiger partial charge < -0.3 is 15.3 Å². The second-order valence-corrected chi connectivity index (χ2v) is 5.28. The Hall–Kier alpha value is -1.59. The van der Waals surface area contributed by atoms with E-state index in [-0.39, 0.29) is 30.6 Å². The molecule has 0 radical (unpaired) electrons. The number of likely N-dealkylation sites (tertiary alicyclic amines) is 1. The summed E-state index contributed by atoms with van der Waals surface area (Å²) in [6.07, 6.45) is 0.0692. The van der Waals surface area contributed by atoms with Gasteiger partial charge in [0, 0.05) is 25.0 Å². The molecule has 0 aliphatic carbocycles. The van der Waals surface area contributed by atoms with Gasteiger partial charge in [0.15, 0.2) is 0 Å². The molecule has 1 aliphatic heterocycles. The van der Waals surface area contributed by atoms with Crippen molar-refractivity contribution in [1.29, 1.82) is 0 Å². The largest absolute Gasteiger partial charge is 0.481 e. The van der Waals surface area contributed by atoms with Crippen molar-refractivity contribution in [3.8, 4) is 0 Å². The second-order valence-electron chi connectivity index (χ2n) is 5.28. The molecule has 1 unspecified atom stereocenters. The molecule has 1 heterocycles. The quantitative estimate of drug-likeness (QED) is 0.737. The number of carboxylic acid groups (broad SMARTS) is 1. The highest BCUT2D eigenvalue weighted by Gasteiger charge is 2.35. The highest BCUT2D eigenvalue weighted by atomic mass is 16.4. The van der Waals surface area contributed by atoms with Crippen LogP contribution in [0.5, 0.6) is 0 Å². The lowest BCUT2D eigenvalue weighted by Gasteiger charge is -2.26. The molecule has 0 spiro atoms. The molecule has 0 bridgehead atoms. The van der Waals surface area contributed by atoms with Gasteiger partial charge in [0.1, 0.15) is 0 Å². The number of hydrogen-bond acceptors (Lipinski definition) is 3. The third-order valence-corrected chi connectivity index (χ3v) is 3.02. The molecule has 1 atom stereocenters. The molecular formula is C12H20N2O4. The first-order valence-corrected chi connectivity index (χ1v) is 6.06. The van der Waals surface area contributed by atoms with E-state index >= 15 is 0 Å². The zero-order valence-corrected chi connectivity index (χ0v) is 11.0. The molecule has 0 aromatic carbocycles. The van der Waals surface area contributed by atoms with E-state index in [4.69, 9.17) is 5.11 Å². The molecule has 2 amide bonds. The Morgan fingerprint density at radius 2 is 2.11 bits per heavy atom. The van der Waals surface area contributed by atoms with E-state index < -0.39 is 11.5 Å². The number of amides is 2. The monoisotopic (exact) mass is 256 g/mol. The summed E-state index contributed by atoms with van der Waals surface area (Å²) in [7, 11) is 0. The number of nitrogens with zero attached hydrogens (tertiary/aromatic N) is 1. The summed E-state index contributed by atoms with van der Waals surface area (Å²) >= 11 is 0. The van der Waals surface area contributed by atoms with Crippen LogP contribution in [0.4, 0.5) is 0 Å². The van der Waals surface area contributed by atoms with Crippen LogP contribution in [0.1, 0.15) is 33.6 Å². The van der Waals surface area contributed by atoms with Crippen LogP contribution in [0.2, 0.25) is 0 Å². The lowest BCUT2D eigenvalue weighted by Crippen LogP contribution is -2.47. The molecule has 6 heteroatoms. The summed E-state index contributed by atoms with van der Waals surface area (Å²) in [6.45, 7) is 6.21. The fraction of sp³-hybridized carbons (Fsp3) is 0.750. The SMILES string of the molecule is CCN1CC(C(=O)NC(C)(C)CC(=O)O)CC1=O. The predicted octanol–water partition coefficient (Wildman–Crippen LogP) is 0.224. The Bertz CT molecular complexity index is 365. The normalized spacial score (nSPS) is 20.1. The van der Waals surface area contributed by atoms with E-state index in [0.717, 1.165) is 0 Å². The van der Waals surface area contributed by atoms with E-state index in [1.807, 2.05) is 6.92 Å². The molecule has 1 fully saturated rings. The van der Waals surface area contributed by atoms with Crippen LogP contribution in [0.15, 0.2) is 0 Å². The topological polar surface area (TPSA) is 86.7 Å². The average Bonchev–Trinajstić information content (AvgIpc) is 2.56. The van der Waals surface area contributed by atoms with Crippen molar-refractivity contribution in [2.24, 2.45) is 5.92 Å². The van der Waals surface area contributed by atoms with Crippen molar-refractivity contribution < 1.29 is 19.5 Å². The Balaban J connectivity index is 2.56. The number of carboxylic acids is 1. The van der Waals surface area contributed by atoms with Crippen molar-refractivity contribution in [1.82, 2.24) is 10.2 Å². The minimum absolute atomic E-state index is 0.0197. The van der Waals surface area contributed by atoms with E-state index in [2.05, 4.69) is 5.32 Å². The molecule has 0 saturated carbocycles. The number of hydrogen-bond donors (Lipinski definition) is 2. The van der Waals surface area contributed by atoms with Gasteiger partial charge in [-0.15, -0.1) is 0 Å². The van der Waals surface area contributed by atoms with Gasteiger partial charge in [-0.1, -0.05) is 0 Å². The fourth-order valence-corrected chi connectivity index (χ4v) is 2.11. The van der Waals surface area contributed by atoms with Gasteiger partial charge in [-0.3, -0.25) is 14.4 Å². The van der Waals surface area contributed by atoms with Crippen molar-refractivity contribution in [2.75, 3.05) is 13.1 Å². The van der Waals surface area contributed by atoms with Crippen LogP contribution in [-0.4, -0.2) is 46.4 Å². The number of carbonyl (C=O) groups excluding carboxylic acids is 2. The van der Waals surface area contributed by atoms with Gasteiger partial charge in [-0.2, -0.15) is 0 Å². The van der Waals surface area contributed by atoms with Crippen LogP contribution < -0.4 is 5.32 Å². The second kappa shape index (κ2) is 5.37. The van der Waals surface area contributed by atoms with Gasteiger partial charge in [-0.05, 0) is 20.8 Å². The Morgan fingerprint density at radius 1 is 1.50 bits per heavy atom. The van der Waals surface area contributed by atoms with Crippen molar-refractivity contribution in [2.45, 2.75) is 39.2 Å². The Kier molecular flexibility index (Phi) is 4.32. The van der Waals surface area contributed by atoms with E-state index in [9.17, 15) is 14.4 Å². The van der Waals surface area contributed by atoms with Gasteiger partial charge in [0.2, 0.25) is 11.8 Å². The minimum atomic E-state index is -0.960. The Labute approximate surface area is 106 Å². The number of aliphatic carboxylic acids is 1. The van der Waals surface area contributed by atoms with Crippen molar-refractivity contribution in [3.63, 3.8) is 0 Å². The smallest absolute Gasteiger partial charge is 0.305 e. The molecule has 1 rings (SSSR count). The zero-order valence-electron chi connectivity index (χ0n) is 11.0. The molecule has 102 valence electrons. The Morgan fingerprint density at radius 3 is 2.56 bits per heavy atom. The third kappa shape index (κ3) is 3.72. The maximum Gasteiger partial charge on any atom is 0.305 e. The molecule has 1 aliphatic rings. The highest BCUT2D eigenvalue weighted by Crippen LogP contribution is 2.19. The van der Waals surface area contributed by atoms with Crippen LogP contribution in [0.25, 0.3) is 0 Å². The summed E-state index contributed by atoms with van der Waals surface area (Å²) in [5.41, 5.74) is -0.800. The standard InChI is InChI=1S/C12H20N2O4/c1-4-14-7-8(5-9(14)15)11(18)13-12(2,3)6-10(16)17/h8H,4-7H2,1-3H3,(H,13,18)(H,16,17). The summed E-state index contributed by atoms with van der Waals surface area (Å²) < 4.78 is 0. The van der Waals surface area contributed by atoms with Crippen molar-refractivity contribution in [3.05, 3.63) is 0 Å². The van der Waals surface area contributed by atoms with Crippen molar-refractivity contribution >= 4 is 17.8 Å². The van der Waals surface area contributed by atoms with E-state index in [1.165, 1.54) is 0 Å². The summed E-state index contributed by atoms with van der Waals surface area (Å²) in [6, 6.07) is 0. The first-order valence-electron chi connectivity index (χ1n) is 6.06.